The van der Waals surface area contributed by atoms with Crippen LogP contribution in [0.3, 0.4) is 0 Å². The van der Waals surface area contributed by atoms with Crippen LogP contribution in [0.4, 0.5) is 8.78 Å². The molecule has 0 aliphatic rings. The predicted octanol–water partition coefficient (Wildman–Crippen LogP) is 4.07. The quantitative estimate of drug-likeness (QED) is 0.811. The lowest BCUT2D eigenvalue weighted by molar-refractivity contribution is 0.509. The topological polar surface area (TPSA) is 34.1 Å². The van der Waals surface area contributed by atoms with Crippen LogP contribution in [-0.4, -0.2) is 8.42 Å². The summed E-state index contributed by atoms with van der Waals surface area (Å²) >= 11 is 0. The fraction of sp³-hybridized carbons (Fsp3) is 0.385. The zero-order valence-electron chi connectivity index (χ0n) is 10.4. The molecule has 0 aliphatic heterocycles. The molecular formula is C13H16F2O2S. The minimum absolute atomic E-state index is 0.187. The van der Waals surface area contributed by atoms with Crippen molar-refractivity contribution < 1.29 is 17.2 Å². The van der Waals surface area contributed by atoms with E-state index in [1.54, 1.807) is 19.1 Å². The molecule has 0 amide bonds. The number of hydrogen-bond acceptors (Lipinski definition) is 2. The van der Waals surface area contributed by atoms with Crippen molar-refractivity contribution in [1.29, 1.82) is 0 Å². The highest BCUT2D eigenvalue weighted by Gasteiger charge is 2.24. The Kier molecular flexibility index (Phi) is 5.02. The van der Waals surface area contributed by atoms with Crippen LogP contribution in [0.25, 0.3) is 0 Å². The van der Waals surface area contributed by atoms with Crippen molar-refractivity contribution in [3.63, 3.8) is 0 Å². The molecule has 2 nitrogen and oxygen atoms in total. The van der Waals surface area contributed by atoms with E-state index in [-0.39, 0.29) is 11.3 Å². The summed E-state index contributed by atoms with van der Waals surface area (Å²) in [7, 11) is -4.35. The number of hydrogen-bond donors (Lipinski definition) is 0. The third kappa shape index (κ3) is 3.38. The van der Waals surface area contributed by atoms with E-state index in [1.807, 2.05) is 6.92 Å². The average molecular weight is 274 g/mol. The standard InChI is InChI=1S/C13H16F2O2S/c1-3-4-5-12(14)13(15)18(16,17)11-8-6-10(2)7-9-11/h6-9H,3-5H2,1-2H3/b13-12-. The van der Waals surface area contributed by atoms with Crippen molar-refractivity contribution in [2.75, 3.05) is 0 Å². The number of allylic oxidation sites excluding steroid dienone is 1. The molecule has 0 N–H and O–H groups in total. The first-order chi connectivity index (χ1) is 8.39. The van der Waals surface area contributed by atoms with Crippen molar-refractivity contribution in [2.24, 2.45) is 0 Å². The Balaban J connectivity index is 3.10. The molecule has 0 saturated carbocycles. The number of sulfone groups is 1. The number of aryl methyl sites for hydroxylation is 1. The molecule has 0 aromatic heterocycles. The highest BCUT2D eigenvalue weighted by Crippen LogP contribution is 2.26. The first kappa shape index (κ1) is 14.8. The molecule has 5 heteroatoms. The zero-order chi connectivity index (χ0) is 13.8. The molecule has 0 radical (unpaired) electrons. The van der Waals surface area contributed by atoms with E-state index in [2.05, 4.69) is 0 Å². The summed E-state index contributed by atoms with van der Waals surface area (Å²) in [5.74, 6) is -1.20. The first-order valence-corrected chi connectivity index (χ1v) is 7.23. The Labute approximate surface area is 106 Å². The van der Waals surface area contributed by atoms with Crippen molar-refractivity contribution in [3.8, 4) is 0 Å². The number of benzene rings is 1. The molecule has 0 aliphatic carbocycles. The van der Waals surface area contributed by atoms with Crippen LogP contribution in [0.2, 0.25) is 0 Å². The van der Waals surface area contributed by atoms with E-state index in [9.17, 15) is 17.2 Å². The van der Waals surface area contributed by atoms with E-state index in [4.69, 9.17) is 0 Å². The van der Waals surface area contributed by atoms with Gasteiger partial charge in [0.15, 0.2) is 0 Å². The van der Waals surface area contributed by atoms with Gasteiger partial charge in [0, 0.05) is 6.42 Å². The van der Waals surface area contributed by atoms with Gasteiger partial charge in [-0.1, -0.05) is 31.0 Å². The predicted molar refractivity (Wildman–Crippen MR) is 67.1 cm³/mol. The summed E-state index contributed by atoms with van der Waals surface area (Å²) in [6.45, 7) is 3.60. The summed E-state index contributed by atoms with van der Waals surface area (Å²) in [5.41, 5.74) is 0.852. The SMILES string of the molecule is CCCC/C(F)=C(\F)S(=O)(=O)c1ccc(C)cc1. The summed E-state index contributed by atoms with van der Waals surface area (Å²) < 4.78 is 50.5. The van der Waals surface area contributed by atoms with E-state index in [0.29, 0.717) is 12.8 Å². The lowest BCUT2D eigenvalue weighted by Gasteiger charge is -2.04. The molecule has 0 saturated heterocycles. The van der Waals surface area contributed by atoms with Gasteiger partial charge in [0.25, 0.3) is 5.16 Å². The summed E-state index contributed by atoms with van der Waals surface area (Å²) in [6, 6.07) is 5.64. The van der Waals surface area contributed by atoms with E-state index < -0.39 is 20.8 Å². The van der Waals surface area contributed by atoms with E-state index in [0.717, 1.165) is 5.56 Å². The van der Waals surface area contributed by atoms with Gasteiger partial charge in [-0.3, -0.25) is 0 Å². The molecule has 0 bridgehead atoms. The van der Waals surface area contributed by atoms with Gasteiger partial charge < -0.3 is 0 Å². The maximum atomic E-state index is 13.6. The molecular weight excluding hydrogens is 258 g/mol. The lowest BCUT2D eigenvalue weighted by atomic mass is 10.2. The van der Waals surface area contributed by atoms with Crippen LogP contribution in [0.5, 0.6) is 0 Å². The van der Waals surface area contributed by atoms with Crippen LogP contribution in [0.15, 0.2) is 40.1 Å². The summed E-state index contributed by atoms with van der Waals surface area (Å²) in [5, 5.41) is -1.67. The molecule has 1 aromatic carbocycles. The van der Waals surface area contributed by atoms with Gasteiger partial charge in [-0.2, -0.15) is 4.39 Å². The second kappa shape index (κ2) is 6.09. The molecule has 0 unspecified atom stereocenters. The highest BCUT2D eigenvalue weighted by molar-refractivity contribution is 7.95. The molecule has 100 valence electrons. The second-order valence-electron chi connectivity index (χ2n) is 4.10. The van der Waals surface area contributed by atoms with Gasteiger partial charge in [0.1, 0.15) is 5.83 Å². The second-order valence-corrected chi connectivity index (χ2v) is 5.94. The fourth-order valence-corrected chi connectivity index (χ4v) is 2.49. The Morgan fingerprint density at radius 1 is 1.17 bits per heavy atom. The molecule has 1 rings (SSSR count). The largest absolute Gasteiger partial charge is 0.250 e. The highest BCUT2D eigenvalue weighted by atomic mass is 32.2. The average Bonchev–Trinajstić information content (AvgIpc) is 2.35. The third-order valence-corrected chi connectivity index (χ3v) is 4.12. The fourth-order valence-electron chi connectivity index (χ4n) is 1.40. The minimum Gasteiger partial charge on any atom is -0.216 e. The van der Waals surface area contributed by atoms with Crippen LogP contribution >= 0.6 is 0 Å². The van der Waals surface area contributed by atoms with Gasteiger partial charge >= 0.3 is 0 Å². The van der Waals surface area contributed by atoms with Crippen molar-refractivity contribution in [2.45, 2.75) is 38.0 Å². The molecule has 0 fully saturated rings. The minimum atomic E-state index is -4.35. The number of rotatable bonds is 5. The van der Waals surface area contributed by atoms with Crippen molar-refractivity contribution >= 4 is 9.84 Å². The Bertz CT molecular complexity index is 531. The smallest absolute Gasteiger partial charge is 0.216 e. The van der Waals surface area contributed by atoms with E-state index >= 15 is 0 Å². The third-order valence-electron chi connectivity index (χ3n) is 2.53. The Hall–Kier alpha value is -1.23. The monoisotopic (exact) mass is 274 g/mol. The molecule has 0 atom stereocenters. The normalized spacial score (nSPS) is 13.3. The number of halogens is 2. The van der Waals surface area contributed by atoms with Crippen molar-refractivity contribution in [3.05, 3.63) is 40.8 Å². The van der Waals surface area contributed by atoms with Crippen LogP contribution in [0.1, 0.15) is 31.7 Å². The van der Waals surface area contributed by atoms with Gasteiger partial charge in [-0.25, -0.2) is 12.8 Å². The van der Waals surface area contributed by atoms with Gasteiger partial charge in [0.05, 0.1) is 4.90 Å². The van der Waals surface area contributed by atoms with Crippen LogP contribution < -0.4 is 0 Å². The van der Waals surface area contributed by atoms with E-state index in [1.165, 1.54) is 12.1 Å². The van der Waals surface area contributed by atoms with Gasteiger partial charge in [-0.15, -0.1) is 0 Å². The van der Waals surface area contributed by atoms with Crippen LogP contribution in [0, 0.1) is 6.92 Å². The van der Waals surface area contributed by atoms with Crippen molar-refractivity contribution in [1.82, 2.24) is 0 Å². The first-order valence-electron chi connectivity index (χ1n) is 5.75. The van der Waals surface area contributed by atoms with Crippen LogP contribution in [-0.2, 0) is 9.84 Å². The Morgan fingerprint density at radius 2 is 1.72 bits per heavy atom. The maximum absolute atomic E-state index is 13.6. The molecule has 1 aromatic rings. The molecule has 0 spiro atoms. The summed E-state index contributed by atoms with van der Waals surface area (Å²) in [4.78, 5) is -0.225. The lowest BCUT2D eigenvalue weighted by Crippen LogP contribution is -2.03. The summed E-state index contributed by atoms with van der Waals surface area (Å²) in [6.07, 6.45) is 0.904. The zero-order valence-corrected chi connectivity index (χ0v) is 11.2. The molecule has 18 heavy (non-hydrogen) atoms. The Morgan fingerprint density at radius 3 is 2.22 bits per heavy atom. The molecule has 0 heterocycles. The van der Waals surface area contributed by atoms with Gasteiger partial charge in [0.2, 0.25) is 9.84 Å². The van der Waals surface area contributed by atoms with Gasteiger partial charge in [-0.05, 0) is 25.5 Å². The maximum Gasteiger partial charge on any atom is 0.250 e. The number of unbranched alkanes of at least 4 members (excludes halogenated alkanes) is 1.